The van der Waals surface area contributed by atoms with Gasteiger partial charge >= 0.3 is 0 Å². The summed E-state index contributed by atoms with van der Waals surface area (Å²) < 4.78 is 24.0. The van der Waals surface area contributed by atoms with Crippen molar-refractivity contribution < 1.29 is 13.9 Å². The molecule has 0 radical (unpaired) electrons. The van der Waals surface area contributed by atoms with Gasteiger partial charge in [-0.2, -0.15) is 5.10 Å². The Balaban J connectivity index is 1.74. The quantitative estimate of drug-likeness (QED) is 0.594. The summed E-state index contributed by atoms with van der Waals surface area (Å²) >= 11 is 0. The van der Waals surface area contributed by atoms with Crippen LogP contribution in [0.25, 0.3) is 33.8 Å². The summed E-state index contributed by atoms with van der Waals surface area (Å²) in [5.74, 6) is 1.64. The van der Waals surface area contributed by atoms with E-state index in [1.54, 1.807) is 26.4 Å². The van der Waals surface area contributed by atoms with Gasteiger partial charge in [-0.25, -0.2) is 9.37 Å². The summed E-state index contributed by atoms with van der Waals surface area (Å²) in [6.45, 7) is 0. The van der Waals surface area contributed by atoms with E-state index in [9.17, 15) is 4.39 Å². The Hall–Kier alpha value is -3.35. The molecular weight excluding hydrogens is 323 g/mol. The smallest absolute Gasteiger partial charge is 0.156 e. The number of benzene rings is 2. The van der Waals surface area contributed by atoms with Crippen LogP contribution in [0.3, 0.4) is 0 Å². The normalized spacial score (nSPS) is 11.0. The van der Waals surface area contributed by atoms with Gasteiger partial charge in [-0.3, -0.25) is 5.10 Å². The van der Waals surface area contributed by atoms with E-state index in [-0.39, 0.29) is 5.82 Å². The van der Waals surface area contributed by atoms with E-state index in [1.165, 1.54) is 12.1 Å². The number of fused-ring (bicyclic) bond motifs is 1. The number of hydrogen-bond donors (Lipinski definition) is 2. The number of ether oxygens (including phenoxy) is 2. The molecule has 7 heteroatoms. The third-order valence-corrected chi connectivity index (χ3v) is 3.96. The molecule has 0 spiro atoms. The summed E-state index contributed by atoms with van der Waals surface area (Å²) in [5, 5.41) is 7.29. The highest BCUT2D eigenvalue weighted by atomic mass is 19.1. The first-order valence-corrected chi connectivity index (χ1v) is 7.61. The largest absolute Gasteiger partial charge is 0.497 e. The van der Waals surface area contributed by atoms with Gasteiger partial charge in [0.25, 0.3) is 0 Å². The fraction of sp³-hybridized carbons (Fsp3) is 0.111. The molecule has 6 nitrogen and oxygen atoms in total. The molecule has 0 aliphatic heterocycles. The zero-order valence-corrected chi connectivity index (χ0v) is 13.6. The van der Waals surface area contributed by atoms with E-state index in [1.807, 2.05) is 18.2 Å². The third kappa shape index (κ3) is 2.69. The number of aromatic amines is 2. The second-order valence-corrected chi connectivity index (χ2v) is 5.48. The Labute approximate surface area is 142 Å². The summed E-state index contributed by atoms with van der Waals surface area (Å²) in [6.07, 6.45) is 0. The van der Waals surface area contributed by atoms with Crippen LogP contribution in [0.4, 0.5) is 4.39 Å². The Morgan fingerprint density at radius 3 is 2.68 bits per heavy atom. The Kier molecular flexibility index (Phi) is 3.61. The molecule has 0 unspecified atom stereocenters. The van der Waals surface area contributed by atoms with Crippen LogP contribution in [0, 0.1) is 5.82 Å². The zero-order valence-electron chi connectivity index (χ0n) is 13.6. The molecule has 2 aromatic carbocycles. The molecule has 0 aliphatic rings. The number of methoxy groups -OCH3 is 2. The van der Waals surface area contributed by atoms with Gasteiger partial charge in [-0.1, -0.05) is 0 Å². The highest BCUT2D eigenvalue weighted by Crippen LogP contribution is 2.33. The van der Waals surface area contributed by atoms with Gasteiger partial charge < -0.3 is 14.5 Å². The van der Waals surface area contributed by atoms with E-state index >= 15 is 0 Å². The van der Waals surface area contributed by atoms with Crippen LogP contribution in [-0.4, -0.2) is 34.4 Å². The minimum absolute atomic E-state index is 0.309. The zero-order chi connectivity index (χ0) is 17.4. The number of imidazole rings is 1. The second-order valence-electron chi connectivity index (χ2n) is 5.48. The first-order valence-electron chi connectivity index (χ1n) is 7.61. The molecule has 0 bridgehead atoms. The molecule has 2 heterocycles. The molecule has 0 atom stereocenters. The lowest BCUT2D eigenvalue weighted by atomic mass is 10.1. The van der Waals surface area contributed by atoms with Crippen molar-refractivity contribution in [1.29, 1.82) is 0 Å². The molecule has 0 fully saturated rings. The van der Waals surface area contributed by atoms with Crippen LogP contribution in [-0.2, 0) is 0 Å². The molecule has 0 aliphatic carbocycles. The number of aromatic nitrogens is 4. The molecule has 4 aromatic rings. The fourth-order valence-electron chi connectivity index (χ4n) is 2.70. The summed E-state index contributed by atoms with van der Waals surface area (Å²) in [4.78, 5) is 7.55. The van der Waals surface area contributed by atoms with Crippen molar-refractivity contribution >= 4 is 11.0 Å². The Morgan fingerprint density at radius 2 is 1.88 bits per heavy atom. The number of hydrogen-bond acceptors (Lipinski definition) is 4. The molecule has 0 saturated carbocycles. The van der Waals surface area contributed by atoms with Crippen molar-refractivity contribution in [3.63, 3.8) is 0 Å². The van der Waals surface area contributed by atoms with Crippen molar-refractivity contribution in [2.24, 2.45) is 0 Å². The van der Waals surface area contributed by atoms with E-state index in [0.29, 0.717) is 39.7 Å². The predicted molar refractivity (Wildman–Crippen MR) is 92.2 cm³/mol. The van der Waals surface area contributed by atoms with Crippen molar-refractivity contribution in [3.8, 4) is 34.3 Å². The molecule has 126 valence electrons. The monoisotopic (exact) mass is 338 g/mol. The summed E-state index contributed by atoms with van der Waals surface area (Å²) in [7, 11) is 3.20. The summed E-state index contributed by atoms with van der Waals surface area (Å²) in [5.41, 5.74) is 3.56. The van der Waals surface area contributed by atoms with Crippen molar-refractivity contribution in [1.82, 2.24) is 20.2 Å². The van der Waals surface area contributed by atoms with Crippen LogP contribution in [0.2, 0.25) is 0 Å². The topological polar surface area (TPSA) is 75.8 Å². The molecule has 2 aromatic heterocycles. The van der Waals surface area contributed by atoms with E-state index in [0.717, 1.165) is 5.56 Å². The standard InChI is InChI=1S/C18H15FN4O2/c1-24-11-4-5-12(17(8-11)25-2)14-9-16(23-22-14)18-20-13-6-3-10(19)7-15(13)21-18/h3-9H,1-2H3,(H,20,21)(H,22,23). The molecule has 4 rings (SSSR count). The lowest BCUT2D eigenvalue weighted by Crippen LogP contribution is -1.90. The van der Waals surface area contributed by atoms with E-state index < -0.39 is 0 Å². The average Bonchev–Trinajstić information content (AvgIpc) is 3.27. The van der Waals surface area contributed by atoms with Crippen molar-refractivity contribution in [3.05, 3.63) is 48.3 Å². The van der Waals surface area contributed by atoms with Gasteiger partial charge in [0.1, 0.15) is 23.0 Å². The molecule has 0 amide bonds. The third-order valence-electron chi connectivity index (χ3n) is 3.96. The van der Waals surface area contributed by atoms with Crippen LogP contribution in [0.15, 0.2) is 42.5 Å². The minimum Gasteiger partial charge on any atom is -0.497 e. The number of H-pyrrole nitrogens is 2. The Morgan fingerprint density at radius 1 is 1.00 bits per heavy atom. The van der Waals surface area contributed by atoms with E-state index in [4.69, 9.17) is 9.47 Å². The minimum atomic E-state index is -0.309. The number of rotatable bonds is 4. The summed E-state index contributed by atoms with van der Waals surface area (Å²) in [6, 6.07) is 11.8. The second kappa shape index (κ2) is 5.94. The van der Waals surface area contributed by atoms with Crippen LogP contribution < -0.4 is 9.47 Å². The molecule has 25 heavy (non-hydrogen) atoms. The maximum absolute atomic E-state index is 13.3. The SMILES string of the molecule is COc1ccc(-c2cc(-c3nc4ccc(F)cc4[nH]3)[nH]n2)c(OC)c1. The van der Waals surface area contributed by atoms with Gasteiger partial charge in [-0.05, 0) is 36.4 Å². The van der Waals surface area contributed by atoms with Crippen molar-refractivity contribution in [2.45, 2.75) is 0 Å². The predicted octanol–water partition coefficient (Wildman–Crippen LogP) is 3.78. The van der Waals surface area contributed by atoms with Crippen LogP contribution >= 0.6 is 0 Å². The van der Waals surface area contributed by atoms with Gasteiger partial charge in [0.15, 0.2) is 5.82 Å². The average molecular weight is 338 g/mol. The van der Waals surface area contributed by atoms with Crippen molar-refractivity contribution in [2.75, 3.05) is 14.2 Å². The lowest BCUT2D eigenvalue weighted by Gasteiger charge is -2.08. The first-order chi connectivity index (χ1) is 12.2. The maximum Gasteiger partial charge on any atom is 0.156 e. The number of nitrogens with one attached hydrogen (secondary N) is 2. The highest BCUT2D eigenvalue weighted by Gasteiger charge is 2.14. The van der Waals surface area contributed by atoms with Gasteiger partial charge in [-0.15, -0.1) is 0 Å². The Bertz CT molecular complexity index is 1050. The van der Waals surface area contributed by atoms with Crippen LogP contribution in [0.1, 0.15) is 0 Å². The lowest BCUT2D eigenvalue weighted by molar-refractivity contribution is 0.395. The van der Waals surface area contributed by atoms with Gasteiger partial charge in [0, 0.05) is 11.6 Å². The van der Waals surface area contributed by atoms with Gasteiger partial charge in [0.05, 0.1) is 30.9 Å². The number of halogens is 1. The maximum atomic E-state index is 13.3. The highest BCUT2D eigenvalue weighted by molar-refractivity contribution is 5.80. The molecule has 2 N–H and O–H groups in total. The fourth-order valence-corrected chi connectivity index (χ4v) is 2.70. The molecule has 0 saturated heterocycles. The molecular formula is C18H15FN4O2. The van der Waals surface area contributed by atoms with E-state index in [2.05, 4.69) is 20.2 Å². The first kappa shape index (κ1) is 15.2. The van der Waals surface area contributed by atoms with Crippen LogP contribution in [0.5, 0.6) is 11.5 Å². The number of nitrogens with zero attached hydrogens (tertiary/aromatic N) is 2. The van der Waals surface area contributed by atoms with Gasteiger partial charge in [0.2, 0.25) is 0 Å².